The summed E-state index contributed by atoms with van der Waals surface area (Å²) < 4.78 is 22.1. The third-order valence-electron chi connectivity index (χ3n) is 4.17. The molecule has 1 unspecified atom stereocenters. The summed E-state index contributed by atoms with van der Waals surface area (Å²) in [5, 5.41) is 2.96. The monoisotopic (exact) mass is 361 g/mol. The first-order chi connectivity index (χ1) is 12.5. The van der Waals surface area contributed by atoms with E-state index in [0.29, 0.717) is 41.9 Å². The number of hydrogen-bond donors (Lipinski definition) is 1. The second-order valence-electron chi connectivity index (χ2n) is 6.40. The van der Waals surface area contributed by atoms with E-state index in [1.807, 2.05) is 13.8 Å². The number of benzene rings is 1. The molecule has 1 aliphatic rings. The average molecular weight is 361 g/mol. The number of carbonyl (C=O) groups excluding carboxylic acids is 1. The molecule has 142 valence electrons. The third kappa shape index (κ3) is 4.02. The first-order valence-electron chi connectivity index (χ1n) is 8.51. The molecule has 26 heavy (non-hydrogen) atoms. The Kier molecular flexibility index (Phi) is 6.69. The van der Waals surface area contributed by atoms with Crippen molar-refractivity contribution in [3.8, 4) is 17.2 Å². The van der Waals surface area contributed by atoms with Gasteiger partial charge in [0.05, 0.1) is 33.5 Å². The maximum atomic E-state index is 12.8. The summed E-state index contributed by atoms with van der Waals surface area (Å²) in [7, 11) is 4.66. The average Bonchev–Trinajstić information content (AvgIpc) is 3.08. The van der Waals surface area contributed by atoms with Gasteiger partial charge in [-0.25, -0.2) is 0 Å². The fraction of sp³-hybridized carbons (Fsp3) is 0.450. The van der Waals surface area contributed by atoms with Gasteiger partial charge in [-0.1, -0.05) is 26.5 Å². The van der Waals surface area contributed by atoms with E-state index in [2.05, 4.69) is 11.9 Å². The van der Waals surface area contributed by atoms with Gasteiger partial charge in [-0.3, -0.25) is 4.79 Å². The van der Waals surface area contributed by atoms with E-state index in [9.17, 15) is 4.79 Å². The minimum atomic E-state index is -0.524. The standard InChI is InChI=1S/C20H27NO5/c1-7-13-11-26-18(17(13)20(22)21-10-12(2)3)14-8-15(23-4)19(25-6)16(9-14)24-5/h7-9,12,18H,1,10-11H2,2-6H3,(H,21,22). The number of methoxy groups -OCH3 is 3. The highest BCUT2D eigenvalue weighted by atomic mass is 16.5. The summed E-state index contributed by atoms with van der Waals surface area (Å²) in [6.45, 7) is 8.82. The molecule has 0 aromatic heterocycles. The predicted molar refractivity (Wildman–Crippen MR) is 99.9 cm³/mol. The van der Waals surface area contributed by atoms with E-state index in [4.69, 9.17) is 18.9 Å². The molecule has 0 saturated heterocycles. The smallest absolute Gasteiger partial charge is 0.250 e. The molecule has 0 spiro atoms. The van der Waals surface area contributed by atoms with Crippen LogP contribution in [-0.2, 0) is 9.53 Å². The Morgan fingerprint density at radius 2 is 1.88 bits per heavy atom. The van der Waals surface area contributed by atoms with Crippen LogP contribution in [0.3, 0.4) is 0 Å². The minimum Gasteiger partial charge on any atom is -0.493 e. The van der Waals surface area contributed by atoms with Crippen LogP contribution in [0.25, 0.3) is 0 Å². The molecule has 0 radical (unpaired) electrons. The highest BCUT2D eigenvalue weighted by Crippen LogP contribution is 2.43. The Morgan fingerprint density at radius 1 is 1.27 bits per heavy atom. The first kappa shape index (κ1) is 19.8. The number of ether oxygens (including phenoxy) is 4. The van der Waals surface area contributed by atoms with Crippen LogP contribution < -0.4 is 19.5 Å². The molecule has 0 aliphatic carbocycles. The van der Waals surface area contributed by atoms with Gasteiger partial charge in [0, 0.05) is 6.54 Å². The molecular weight excluding hydrogens is 334 g/mol. The van der Waals surface area contributed by atoms with Crippen molar-refractivity contribution in [2.45, 2.75) is 20.0 Å². The number of amides is 1. The van der Waals surface area contributed by atoms with E-state index in [1.165, 1.54) is 0 Å². The number of carbonyl (C=O) groups is 1. The van der Waals surface area contributed by atoms with Crippen LogP contribution in [-0.4, -0.2) is 40.4 Å². The zero-order chi connectivity index (χ0) is 19.3. The molecule has 1 atom stereocenters. The SMILES string of the molecule is C=CC1=C(C(=O)NCC(C)C)C(c2cc(OC)c(OC)c(OC)c2)OC1. The fourth-order valence-electron chi connectivity index (χ4n) is 2.84. The quantitative estimate of drug-likeness (QED) is 0.771. The summed E-state index contributed by atoms with van der Waals surface area (Å²) in [6.07, 6.45) is 1.14. The van der Waals surface area contributed by atoms with Crippen molar-refractivity contribution in [1.82, 2.24) is 5.32 Å². The van der Waals surface area contributed by atoms with Crippen molar-refractivity contribution in [1.29, 1.82) is 0 Å². The maximum absolute atomic E-state index is 12.8. The van der Waals surface area contributed by atoms with Crippen LogP contribution in [0.4, 0.5) is 0 Å². The minimum absolute atomic E-state index is 0.148. The molecule has 6 heteroatoms. The molecule has 0 saturated carbocycles. The lowest BCUT2D eigenvalue weighted by Gasteiger charge is -2.19. The summed E-state index contributed by atoms with van der Waals surface area (Å²) in [5.41, 5.74) is 2.10. The Bertz CT molecular complexity index is 683. The van der Waals surface area contributed by atoms with Gasteiger partial charge in [0.1, 0.15) is 6.10 Å². The number of rotatable bonds is 8. The van der Waals surface area contributed by atoms with E-state index in [0.717, 1.165) is 11.1 Å². The van der Waals surface area contributed by atoms with Crippen LogP contribution in [0.2, 0.25) is 0 Å². The van der Waals surface area contributed by atoms with E-state index < -0.39 is 6.10 Å². The second kappa shape index (κ2) is 8.76. The largest absolute Gasteiger partial charge is 0.493 e. The highest BCUT2D eigenvalue weighted by Gasteiger charge is 2.33. The summed E-state index contributed by atoms with van der Waals surface area (Å²) >= 11 is 0. The molecule has 1 aliphatic heterocycles. The Hall–Kier alpha value is -2.47. The van der Waals surface area contributed by atoms with Gasteiger partial charge >= 0.3 is 0 Å². The molecule has 1 heterocycles. The van der Waals surface area contributed by atoms with Gasteiger partial charge in [-0.2, -0.15) is 0 Å². The second-order valence-corrected chi connectivity index (χ2v) is 6.40. The van der Waals surface area contributed by atoms with E-state index >= 15 is 0 Å². The Balaban J connectivity index is 2.44. The van der Waals surface area contributed by atoms with Crippen molar-refractivity contribution >= 4 is 5.91 Å². The lowest BCUT2D eigenvalue weighted by molar-refractivity contribution is -0.118. The molecule has 0 bridgehead atoms. The van der Waals surface area contributed by atoms with Crippen molar-refractivity contribution < 1.29 is 23.7 Å². The fourth-order valence-corrected chi connectivity index (χ4v) is 2.84. The zero-order valence-electron chi connectivity index (χ0n) is 16.0. The van der Waals surface area contributed by atoms with Gasteiger partial charge in [0.25, 0.3) is 5.91 Å². The van der Waals surface area contributed by atoms with Gasteiger partial charge < -0.3 is 24.3 Å². The van der Waals surface area contributed by atoms with E-state index in [1.54, 1.807) is 39.5 Å². The first-order valence-corrected chi connectivity index (χ1v) is 8.51. The number of nitrogens with one attached hydrogen (secondary N) is 1. The molecule has 1 aromatic carbocycles. The van der Waals surface area contributed by atoms with Gasteiger partial charge in [-0.15, -0.1) is 0 Å². The van der Waals surface area contributed by atoms with E-state index in [-0.39, 0.29) is 5.91 Å². The normalized spacial score (nSPS) is 16.6. The van der Waals surface area contributed by atoms with Gasteiger partial charge in [-0.05, 0) is 29.2 Å². The molecule has 6 nitrogen and oxygen atoms in total. The van der Waals surface area contributed by atoms with Crippen LogP contribution >= 0.6 is 0 Å². The zero-order valence-corrected chi connectivity index (χ0v) is 16.0. The number of hydrogen-bond acceptors (Lipinski definition) is 5. The molecule has 0 fully saturated rings. The van der Waals surface area contributed by atoms with Crippen molar-refractivity contribution in [2.24, 2.45) is 5.92 Å². The van der Waals surface area contributed by atoms with Crippen molar-refractivity contribution in [3.05, 3.63) is 41.5 Å². The topological polar surface area (TPSA) is 66.0 Å². The lowest BCUT2D eigenvalue weighted by Crippen LogP contribution is -2.30. The maximum Gasteiger partial charge on any atom is 0.250 e. The van der Waals surface area contributed by atoms with Crippen molar-refractivity contribution in [3.63, 3.8) is 0 Å². The van der Waals surface area contributed by atoms with Crippen molar-refractivity contribution in [2.75, 3.05) is 34.5 Å². The Morgan fingerprint density at radius 3 is 2.35 bits per heavy atom. The molecule has 2 rings (SSSR count). The Labute approximate surface area is 154 Å². The molecular formula is C20H27NO5. The molecule has 1 N–H and O–H groups in total. The summed E-state index contributed by atoms with van der Waals surface area (Å²) in [5.74, 6) is 1.73. The van der Waals surface area contributed by atoms with Gasteiger partial charge in [0.15, 0.2) is 11.5 Å². The van der Waals surface area contributed by atoms with Crippen LogP contribution in [0, 0.1) is 5.92 Å². The molecule has 1 amide bonds. The van der Waals surface area contributed by atoms with Crippen LogP contribution in [0.15, 0.2) is 35.9 Å². The molecule has 1 aromatic rings. The van der Waals surface area contributed by atoms with Gasteiger partial charge in [0.2, 0.25) is 5.75 Å². The summed E-state index contributed by atoms with van der Waals surface area (Å²) in [6, 6.07) is 3.60. The third-order valence-corrected chi connectivity index (χ3v) is 4.17. The van der Waals surface area contributed by atoms with Crippen LogP contribution in [0.5, 0.6) is 17.2 Å². The van der Waals surface area contributed by atoms with Crippen LogP contribution in [0.1, 0.15) is 25.5 Å². The summed E-state index contributed by atoms with van der Waals surface area (Å²) in [4.78, 5) is 12.8. The highest BCUT2D eigenvalue weighted by molar-refractivity contribution is 5.96. The lowest BCUT2D eigenvalue weighted by atomic mass is 9.97. The predicted octanol–water partition coefficient (Wildman–Crippen LogP) is 3.04.